The van der Waals surface area contributed by atoms with Crippen molar-refractivity contribution in [2.45, 2.75) is 12.8 Å². The number of hydrogen-bond donors (Lipinski definition) is 0. The predicted octanol–water partition coefficient (Wildman–Crippen LogP) is 3.71. The van der Waals surface area contributed by atoms with Crippen LogP contribution in [0.3, 0.4) is 0 Å². The third kappa shape index (κ3) is 4.49. The predicted molar refractivity (Wildman–Crippen MR) is 71.0 cm³/mol. The van der Waals surface area contributed by atoms with Gasteiger partial charge in [-0.05, 0) is 23.8 Å². The molecule has 0 spiro atoms. The molecule has 0 unspecified atom stereocenters. The minimum atomic E-state index is 0.0758. The number of halogens is 2. The van der Waals surface area contributed by atoms with Crippen LogP contribution in [0.5, 0.6) is 0 Å². The van der Waals surface area contributed by atoms with Crippen molar-refractivity contribution in [1.29, 1.82) is 0 Å². The SMILES string of the molecule is CC(=O)SCC#Cc1ccc(Cl)c(CCl)c1. The van der Waals surface area contributed by atoms with Crippen molar-refractivity contribution >= 4 is 40.1 Å². The third-order valence-electron chi connectivity index (χ3n) is 1.77. The van der Waals surface area contributed by atoms with Crippen LogP contribution in [0.1, 0.15) is 18.1 Å². The maximum Gasteiger partial charge on any atom is 0.186 e. The molecule has 0 saturated heterocycles. The van der Waals surface area contributed by atoms with Crippen molar-refractivity contribution in [2.24, 2.45) is 0 Å². The van der Waals surface area contributed by atoms with Crippen molar-refractivity contribution < 1.29 is 4.79 Å². The zero-order chi connectivity index (χ0) is 12.0. The van der Waals surface area contributed by atoms with Gasteiger partial charge in [0.25, 0.3) is 0 Å². The summed E-state index contributed by atoms with van der Waals surface area (Å²) in [5.41, 5.74) is 1.73. The molecule has 0 aliphatic rings. The molecule has 1 nitrogen and oxygen atoms in total. The number of carbonyl (C=O) groups excluding carboxylic acids is 1. The fourth-order valence-electron chi connectivity index (χ4n) is 1.03. The van der Waals surface area contributed by atoms with Crippen LogP contribution in [-0.4, -0.2) is 10.9 Å². The number of thioether (sulfide) groups is 1. The largest absolute Gasteiger partial charge is 0.288 e. The molecule has 0 aromatic heterocycles. The summed E-state index contributed by atoms with van der Waals surface area (Å²) in [7, 11) is 0. The van der Waals surface area contributed by atoms with E-state index in [0.29, 0.717) is 16.7 Å². The summed E-state index contributed by atoms with van der Waals surface area (Å²) in [6, 6.07) is 5.48. The maximum absolute atomic E-state index is 10.7. The van der Waals surface area contributed by atoms with Gasteiger partial charge in [0.1, 0.15) is 0 Å². The quantitative estimate of drug-likeness (QED) is 0.603. The molecular weight excluding hydrogens is 263 g/mol. The van der Waals surface area contributed by atoms with Crippen LogP contribution in [0.15, 0.2) is 18.2 Å². The number of carbonyl (C=O) groups is 1. The molecule has 4 heteroatoms. The van der Waals surface area contributed by atoms with Gasteiger partial charge in [0.15, 0.2) is 5.12 Å². The molecule has 0 N–H and O–H groups in total. The van der Waals surface area contributed by atoms with Gasteiger partial charge in [-0.1, -0.05) is 35.2 Å². The van der Waals surface area contributed by atoms with Gasteiger partial charge in [-0.2, -0.15) is 0 Å². The summed E-state index contributed by atoms with van der Waals surface area (Å²) >= 11 is 12.8. The van der Waals surface area contributed by atoms with E-state index in [1.807, 2.05) is 12.1 Å². The lowest BCUT2D eigenvalue weighted by Gasteiger charge is -1.99. The van der Waals surface area contributed by atoms with Crippen molar-refractivity contribution in [3.05, 3.63) is 34.3 Å². The van der Waals surface area contributed by atoms with Gasteiger partial charge < -0.3 is 0 Å². The molecule has 16 heavy (non-hydrogen) atoms. The van der Waals surface area contributed by atoms with E-state index in [1.165, 1.54) is 18.7 Å². The Bertz CT molecular complexity index is 446. The van der Waals surface area contributed by atoms with E-state index in [1.54, 1.807) is 6.07 Å². The van der Waals surface area contributed by atoms with Gasteiger partial charge in [0, 0.05) is 23.4 Å². The second-order valence-corrected chi connectivity index (χ2v) is 4.85. The first-order chi connectivity index (χ1) is 7.63. The van der Waals surface area contributed by atoms with E-state index in [4.69, 9.17) is 23.2 Å². The standard InChI is InChI=1S/C12H10Cl2OS/c1-9(15)16-6-2-3-10-4-5-12(14)11(7-10)8-13/h4-5,7H,6,8H2,1H3. The Morgan fingerprint density at radius 3 is 2.88 bits per heavy atom. The van der Waals surface area contributed by atoms with Crippen molar-refractivity contribution in [2.75, 3.05) is 5.75 Å². The fraction of sp³-hybridized carbons (Fsp3) is 0.250. The Hall–Kier alpha value is -0.620. The molecular formula is C12H10Cl2OS. The van der Waals surface area contributed by atoms with E-state index in [-0.39, 0.29) is 5.12 Å². The van der Waals surface area contributed by atoms with Crippen LogP contribution in [-0.2, 0) is 10.7 Å². The van der Waals surface area contributed by atoms with Crippen LogP contribution in [0.25, 0.3) is 0 Å². The monoisotopic (exact) mass is 272 g/mol. The second kappa shape index (κ2) is 6.85. The lowest BCUT2D eigenvalue weighted by Crippen LogP contribution is -1.84. The molecule has 84 valence electrons. The van der Waals surface area contributed by atoms with E-state index < -0.39 is 0 Å². The lowest BCUT2D eigenvalue weighted by atomic mass is 10.1. The summed E-state index contributed by atoms with van der Waals surface area (Å²) in [6.45, 7) is 1.53. The molecule has 0 atom stereocenters. The number of alkyl halides is 1. The first kappa shape index (κ1) is 13.4. The number of benzene rings is 1. The van der Waals surface area contributed by atoms with Gasteiger partial charge in [0.2, 0.25) is 0 Å². The van der Waals surface area contributed by atoms with Crippen LogP contribution in [0.2, 0.25) is 5.02 Å². The first-order valence-electron chi connectivity index (χ1n) is 4.60. The van der Waals surface area contributed by atoms with Gasteiger partial charge in [-0.25, -0.2) is 0 Å². The smallest absolute Gasteiger partial charge is 0.186 e. The molecule has 1 aromatic carbocycles. The average Bonchev–Trinajstić information content (AvgIpc) is 2.26. The summed E-state index contributed by atoms with van der Waals surface area (Å²) in [5, 5.41) is 0.727. The molecule has 0 amide bonds. The normalized spacial score (nSPS) is 9.44. The lowest BCUT2D eigenvalue weighted by molar-refractivity contribution is -0.109. The molecule has 1 rings (SSSR count). The van der Waals surface area contributed by atoms with Gasteiger partial charge in [-0.3, -0.25) is 4.79 Å². The van der Waals surface area contributed by atoms with E-state index in [0.717, 1.165) is 11.1 Å². The highest BCUT2D eigenvalue weighted by Crippen LogP contribution is 2.18. The Morgan fingerprint density at radius 2 is 2.25 bits per heavy atom. The molecule has 0 saturated carbocycles. The Balaban J connectivity index is 2.70. The van der Waals surface area contributed by atoms with E-state index >= 15 is 0 Å². The van der Waals surface area contributed by atoms with E-state index in [9.17, 15) is 4.79 Å². The Morgan fingerprint density at radius 1 is 1.50 bits per heavy atom. The maximum atomic E-state index is 10.7. The van der Waals surface area contributed by atoms with Crippen LogP contribution in [0.4, 0.5) is 0 Å². The minimum Gasteiger partial charge on any atom is -0.288 e. The summed E-state index contributed by atoms with van der Waals surface area (Å²) in [6.07, 6.45) is 0. The topological polar surface area (TPSA) is 17.1 Å². The minimum absolute atomic E-state index is 0.0758. The Labute approximate surface area is 110 Å². The summed E-state index contributed by atoms with van der Waals surface area (Å²) in [4.78, 5) is 10.7. The average molecular weight is 273 g/mol. The molecule has 1 aromatic rings. The number of hydrogen-bond acceptors (Lipinski definition) is 2. The molecule has 0 aliphatic heterocycles. The van der Waals surface area contributed by atoms with Crippen molar-refractivity contribution in [3.63, 3.8) is 0 Å². The van der Waals surface area contributed by atoms with Crippen molar-refractivity contribution in [1.82, 2.24) is 0 Å². The van der Waals surface area contributed by atoms with Crippen LogP contribution >= 0.6 is 35.0 Å². The zero-order valence-electron chi connectivity index (χ0n) is 8.72. The molecule has 0 aliphatic carbocycles. The first-order valence-corrected chi connectivity index (χ1v) is 6.50. The molecule has 0 bridgehead atoms. The van der Waals surface area contributed by atoms with Crippen molar-refractivity contribution in [3.8, 4) is 11.8 Å². The van der Waals surface area contributed by atoms with Gasteiger partial charge >= 0.3 is 0 Å². The highest BCUT2D eigenvalue weighted by atomic mass is 35.5. The van der Waals surface area contributed by atoms with E-state index in [2.05, 4.69) is 11.8 Å². The highest BCUT2D eigenvalue weighted by Gasteiger charge is 1.98. The summed E-state index contributed by atoms with van der Waals surface area (Å²) < 4.78 is 0. The Kier molecular flexibility index (Phi) is 5.76. The highest BCUT2D eigenvalue weighted by molar-refractivity contribution is 8.13. The molecule has 0 heterocycles. The second-order valence-electron chi connectivity index (χ2n) is 3.02. The summed E-state index contributed by atoms with van der Waals surface area (Å²) in [5.74, 6) is 6.75. The zero-order valence-corrected chi connectivity index (χ0v) is 11.0. The molecule has 0 fully saturated rings. The van der Waals surface area contributed by atoms with Crippen LogP contribution < -0.4 is 0 Å². The molecule has 0 radical (unpaired) electrons. The van der Waals surface area contributed by atoms with Gasteiger partial charge in [0.05, 0.1) is 5.75 Å². The van der Waals surface area contributed by atoms with Crippen LogP contribution in [0, 0.1) is 11.8 Å². The van der Waals surface area contributed by atoms with Gasteiger partial charge in [-0.15, -0.1) is 11.6 Å². The fourth-order valence-corrected chi connectivity index (χ4v) is 1.85. The third-order valence-corrected chi connectivity index (χ3v) is 3.12. The number of rotatable bonds is 2.